The van der Waals surface area contributed by atoms with Crippen LogP contribution in [0.3, 0.4) is 0 Å². The zero-order valence-corrected chi connectivity index (χ0v) is 13.3. The third-order valence-corrected chi connectivity index (χ3v) is 3.72. The van der Waals surface area contributed by atoms with Gasteiger partial charge in [0.05, 0.1) is 12.8 Å². The van der Waals surface area contributed by atoms with E-state index in [1.165, 1.54) is 0 Å². The zero-order valence-electron chi connectivity index (χ0n) is 13.3. The lowest BCUT2D eigenvalue weighted by Crippen LogP contribution is -2.40. The third kappa shape index (κ3) is 3.48. The van der Waals surface area contributed by atoms with E-state index in [1.807, 2.05) is 24.3 Å². The summed E-state index contributed by atoms with van der Waals surface area (Å²) in [5.41, 5.74) is 1.36. The first-order valence-electron chi connectivity index (χ1n) is 7.63. The molecule has 0 unspecified atom stereocenters. The Morgan fingerprint density at radius 1 is 1.25 bits per heavy atom. The van der Waals surface area contributed by atoms with Gasteiger partial charge in [0, 0.05) is 24.7 Å². The molecule has 24 heavy (non-hydrogen) atoms. The number of hydrogen-bond donors (Lipinski definition) is 1. The van der Waals surface area contributed by atoms with Crippen LogP contribution in [0.5, 0.6) is 11.5 Å². The Labute approximate surface area is 140 Å². The maximum Gasteiger partial charge on any atom is 0.265 e. The molecule has 0 saturated carbocycles. The van der Waals surface area contributed by atoms with Crippen molar-refractivity contribution in [1.82, 2.24) is 0 Å². The van der Waals surface area contributed by atoms with Gasteiger partial charge >= 0.3 is 0 Å². The van der Waals surface area contributed by atoms with Gasteiger partial charge < -0.3 is 19.7 Å². The van der Waals surface area contributed by atoms with Gasteiger partial charge in [-0.3, -0.25) is 9.59 Å². The number of carbonyl (C=O) groups is 2. The van der Waals surface area contributed by atoms with Gasteiger partial charge in [-0.25, -0.2) is 0 Å². The van der Waals surface area contributed by atoms with E-state index in [2.05, 4.69) is 5.32 Å². The average molecular weight is 326 g/mol. The second-order valence-corrected chi connectivity index (χ2v) is 5.33. The molecule has 0 atom stereocenters. The quantitative estimate of drug-likeness (QED) is 0.916. The van der Waals surface area contributed by atoms with Gasteiger partial charge in [-0.05, 0) is 24.3 Å². The topological polar surface area (TPSA) is 67.9 Å². The summed E-state index contributed by atoms with van der Waals surface area (Å²) in [5, 5.41) is 2.81. The number of amides is 2. The van der Waals surface area contributed by atoms with Crippen molar-refractivity contribution >= 4 is 23.2 Å². The summed E-state index contributed by atoms with van der Waals surface area (Å²) >= 11 is 0. The Kier molecular flexibility index (Phi) is 4.65. The second-order valence-electron chi connectivity index (χ2n) is 5.33. The van der Waals surface area contributed by atoms with Gasteiger partial charge in [0.25, 0.3) is 5.91 Å². The molecule has 0 saturated heterocycles. The minimum Gasteiger partial charge on any atom is -0.497 e. The molecule has 3 rings (SSSR count). The van der Waals surface area contributed by atoms with Crippen LogP contribution in [-0.2, 0) is 9.59 Å². The predicted molar refractivity (Wildman–Crippen MR) is 90.5 cm³/mol. The Balaban J connectivity index is 1.63. The second kappa shape index (κ2) is 7.04. The summed E-state index contributed by atoms with van der Waals surface area (Å²) in [6, 6.07) is 14.4. The van der Waals surface area contributed by atoms with E-state index < -0.39 is 0 Å². The number of fused-ring (bicyclic) bond motifs is 1. The van der Waals surface area contributed by atoms with Crippen LogP contribution in [0.15, 0.2) is 48.5 Å². The lowest BCUT2D eigenvalue weighted by atomic mass is 10.2. The first-order valence-corrected chi connectivity index (χ1v) is 7.63. The minimum atomic E-state index is -0.167. The number of benzene rings is 2. The highest BCUT2D eigenvalue weighted by Gasteiger charge is 2.25. The van der Waals surface area contributed by atoms with E-state index in [1.54, 1.807) is 36.3 Å². The largest absolute Gasteiger partial charge is 0.497 e. The van der Waals surface area contributed by atoms with Crippen molar-refractivity contribution in [1.29, 1.82) is 0 Å². The molecule has 0 bridgehead atoms. The van der Waals surface area contributed by atoms with E-state index in [4.69, 9.17) is 9.47 Å². The summed E-state index contributed by atoms with van der Waals surface area (Å²) < 4.78 is 10.5. The summed E-state index contributed by atoms with van der Waals surface area (Å²) in [6.07, 6.45) is 0.192. The summed E-state index contributed by atoms with van der Waals surface area (Å²) in [5.74, 6) is 1.01. The standard InChI is InChI=1S/C18H18N2O4/c1-23-14-6-4-5-13(11-14)19-17(21)9-10-20-15-7-2-3-8-16(15)24-12-18(20)22/h2-8,11H,9-10,12H2,1H3,(H,19,21). The maximum atomic E-state index is 12.2. The summed E-state index contributed by atoms with van der Waals surface area (Å²) in [6.45, 7) is 0.295. The fraction of sp³-hybridized carbons (Fsp3) is 0.222. The number of carbonyl (C=O) groups excluding carboxylic acids is 2. The SMILES string of the molecule is COc1cccc(NC(=O)CCN2C(=O)COc3ccccc32)c1. The lowest BCUT2D eigenvalue weighted by molar-refractivity contribution is -0.121. The molecule has 2 aromatic rings. The smallest absolute Gasteiger partial charge is 0.265 e. The van der Waals surface area contributed by atoms with Crippen LogP contribution in [0.25, 0.3) is 0 Å². The van der Waals surface area contributed by atoms with Crippen molar-refractivity contribution in [2.24, 2.45) is 0 Å². The van der Waals surface area contributed by atoms with Gasteiger partial charge in [-0.2, -0.15) is 0 Å². The Bertz CT molecular complexity index is 760. The number of rotatable bonds is 5. The molecule has 2 amide bonds. The van der Waals surface area contributed by atoms with Gasteiger partial charge in [0.15, 0.2) is 6.61 Å². The van der Waals surface area contributed by atoms with Crippen LogP contribution in [0.4, 0.5) is 11.4 Å². The molecule has 6 nitrogen and oxygen atoms in total. The van der Waals surface area contributed by atoms with Crippen LogP contribution in [-0.4, -0.2) is 32.1 Å². The Morgan fingerprint density at radius 2 is 2.08 bits per heavy atom. The van der Waals surface area contributed by atoms with Crippen molar-refractivity contribution in [3.63, 3.8) is 0 Å². The van der Waals surface area contributed by atoms with Crippen LogP contribution in [0.2, 0.25) is 0 Å². The minimum absolute atomic E-state index is 0.00544. The molecule has 0 spiro atoms. The molecule has 0 aromatic heterocycles. The van der Waals surface area contributed by atoms with Crippen molar-refractivity contribution in [2.75, 3.05) is 30.5 Å². The van der Waals surface area contributed by atoms with E-state index in [0.29, 0.717) is 29.4 Å². The van der Waals surface area contributed by atoms with Gasteiger partial charge in [-0.15, -0.1) is 0 Å². The number of hydrogen-bond acceptors (Lipinski definition) is 4. The molecule has 2 aromatic carbocycles. The fourth-order valence-electron chi connectivity index (χ4n) is 2.54. The number of nitrogens with zero attached hydrogens (tertiary/aromatic N) is 1. The number of para-hydroxylation sites is 2. The Hall–Kier alpha value is -3.02. The number of anilines is 2. The first kappa shape index (κ1) is 15.9. The molecular formula is C18H18N2O4. The number of ether oxygens (including phenoxy) is 2. The molecule has 0 fully saturated rings. The monoisotopic (exact) mass is 326 g/mol. The Morgan fingerprint density at radius 3 is 2.92 bits per heavy atom. The van der Waals surface area contributed by atoms with Crippen molar-refractivity contribution in [3.8, 4) is 11.5 Å². The van der Waals surface area contributed by atoms with Gasteiger partial charge in [0.2, 0.25) is 5.91 Å². The van der Waals surface area contributed by atoms with Crippen LogP contribution in [0, 0.1) is 0 Å². The van der Waals surface area contributed by atoms with Crippen molar-refractivity contribution < 1.29 is 19.1 Å². The fourth-order valence-corrected chi connectivity index (χ4v) is 2.54. The molecule has 124 valence electrons. The molecule has 1 aliphatic heterocycles. The molecule has 6 heteroatoms. The molecule has 1 aliphatic rings. The lowest BCUT2D eigenvalue weighted by Gasteiger charge is -2.29. The number of methoxy groups -OCH3 is 1. The maximum absolute atomic E-state index is 12.2. The normalized spacial score (nSPS) is 13.0. The van der Waals surface area contributed by atoms with Gasteiger partial charge in [-0.1, -0.05) is 18.2 Å². The summed E-state index contributed by atoms with van der Waals surface area (Å²) in [7, 11) is 1.57. The average Bonchev–Trinajstić information content (AvgIpc) is 2.61. The zero-order chi connectivity index (χ0) is 16.9. The van der Waals surface area contributed by atoms with E-state index >= 15 is 0 Å². The molecule has 1 N–H and O–H groups in total. The molecule has 0 aliphatic carbocycles. The number of nitrogens with one attached hydrogen (secondary N) is 1. The van der Waals surface area contributed by atoms with E-state index in [0.717, 1.165) is 0 Å². The highest BCUT2D eigenvalue weighted by atomic mass is 16.5. The highest BCUT2D eigenvalue weighted by Crippen LogP contribution is 2.31. The van der Waals surface area contributed by atoms with E-state index in [-0.39, 0.29) is 24.8 Å². The van der Waals surface area contributed by atoms with E-state index in [9.17, 15) is 9.59 Å². The van der Waals surface area contributed by atoms with Crippen LogP contribution in [0.1, 0.15) is 6.42 Å². The molecule has 0 radical (unpaired) electrons. The molecule has 1 heterocycles. The van der Waals surface area contributed by atoms with Crippen molar-refractivity contribution in [3.05, 3.63) is 48.5 Å². The van der Waals surface area contributed by atoms with Gasteiger partial charge in [0.1, 0.15) is 11.5 Å². The van der Waals surface area contributed by atoms with Crippen LogP contribution >= 0.6 is 0 Å². The highest BCUT2D eigenvalue weighted by molar-refractivity contribution is 5.99. The first-order chi connectivity index (χ1) is 11.7. The third-order valence-electron chi connectivity index (χ3n) is 3.72. The summed E-state index contributed by atoms with van der Waals surface area (Å²) in [4.78, 5) is 25.8. The molecular weight excluding hydrogens is 308 g/mol. The van der Waals surface area contributed by atoms with Crippen LogP contribution < -0.4 is 19.7 Å². The van der Waals surface area contributed by atoms with Crippen molar-refractivity contribution in [2.45, 2.75) is 6.42 Å². The predicted octanol–water partition coefficient (Wildman–Crippen LogP) is 2.45.